The topological polar surface area (TPSA) is 105 Å². The summed E-state index contributed by atoms with van der Waals surface area (Å²) >= 11 is 0. The first-order chi connectivity index (χ1) is 13.0. The van der Waals surface area contributed by atoms with Gasteiger partial charge in [-0.25, -0.2) is 4.79 Å². The highest BCUT2D eigenvalue weighted by Gasteiger charge is 2.17. The Labute approximate surface area is 156 Å². The quantitative estimate of drug-likeness (QED) is 0.727. The molecule has 1 atom stereocenters. The molecule has 7 nitrogen and oxygen atoms in total. The standard InChI is InChI=1S/C20H20N2O5/c23-18(21-12-15-4-3-11-27-15)13-7-9-14(10-8-13)22-19(24)16-5-1-2-6-17(16)20(25)26/h1-2,5-10,15H,3-4,11-12H2,(H,21,23)(H,22,24)(H,25,26)/t15-/m0/s1. The van der Waals surface area contributed by atoms with Crippen LogP contribution in [0.2, 0.25) is 0 Å². The Bertz CT molecular complexity index is 842. The van der Waals surface area contributed by atoms with Crippen molar-refractivity contribution in [2.45, 2.75) is 18.9 Å². The van der Waals surface area contributed by atoms with Gasteiger partial charge >= 0.3 is 5.97 Å². The van der Waals surface area contributed by atoms with Gasteiger partial charge in [0.1, 0.15) is 0 Å². The molecule has 3 N–H and O–H groups in total. The molecule has 1 aliphatic rings. The maximum Gasteiger partial charge on any atom is 0.336 e. The molecule has 3 rings (SSSR count). The molecule has 0 bridgehead atoms. The van der Waals surface area contributed by atoms with Crippen LogP contribution >= 0.6 is 0 Å². The van der Waals surface area contributed by atoms with Crippen LogP contribution in [0.1, 0.15) is 43.9 Å². The van der Waals surface area contributed by atoms with Crippen LogP contribution in [0.4, 0.5) is 5.69 Å². The van der Waals surface area contributed by atoms with Crippen LogP contribution in [0.15, 0.2) is 48.5 Å². The summed E-state index contributed by atoms with van der Waals surface area (Å²) in [6, 6.07) is 12.4. The number of ether oxygens (including phenoxy) is 1. The lowest BCUT2D eigenvalue weighted by atomic mass is 10.1. The largest absolute Gasteiger partial charge is 0.478 e. The summed E-state index contributed by atoms with van der Waals surface area (Å²) in [6.07, 6.45) is 2.03. The van der Waals surface area contributed by atoms with Gasteiger partial charge in [-0.1, -0.05) is 12.1 Å². The van der Waals surface area contributed by atoms with Gasteiger partial charge in [-0.05, 0) is 49.2 Å². The summed E-state index contributed by atoms with van der Waals surface area (Å²) in [5, 5.41) is 14.6. The number of carboxylic acid groups (broad SMARTS) is 1. The number of aromatic carboxylic acids is 1. The molecule has 7 heteroatoms. The van der Waals surface area contributed by atoms with Crippen LogP contribution in [-0.4, -0.2) is 42.1 Å². The van der Waals surface area contributed by atoms with Gasteiger partial charge in [0.2, 0.25) is 0 Å². The number of hydrogen-bond acceptors (Lipinski definition) is 4. The van der Waals surface area contributed by atoms with E-state index in [9.17, 15) is 19.5 Å². The summed E-state index contributed by atoms with van der Waals surface area (Å²) in [4.78, 5) is 35.7. The van der Waals surface area contributed by atoms with Gasteiger partial charge < -0.3 is 20.5 Å². The van der Waals surface area contributed by atoms with Crippen molar-refractivity contribution in [1.82, 2.24) is 5.32 Å². The summed E-state index contributed by atoms with van der Waals surface area (Å²) in [5.41, 5.74) is 0.941. The molecular weight excluding hydrogens is 348 g/mol. The average molecular weight is 368 g/mol. The molecule has 1 fully saturated rings. The molecule has 0 spiro atoms. The van der Waals surface area contributed by atoms with Crippen LogP contribution in [0, 0.1) is 0 Å². The highest BCUT2D eigenvalue weighted by Crippen LogP contribution is 2.15. The highest BCUT2D eigenvalue weighted by atomic mass is 16.5. The van der Waals surface area contributed by atoms with Crippen LogP contribution in [-0.2, 0) is 4.74 Å². The lowest BCUT2D eigenvalue weighted by Gasteiger charge is -2.11. The van der Waals surface area contributed by atoms with Gasteiger partial charge in [0.15, 0.2) is 0 Å². The number of carbonyl (C=O) groups is 3. The Morgan fingerprint density at radius 3 is 2.33 bits per heavy atom. The molecule has 2 aromatic rings. The minimum atomic E-state index is -1.17. The molecule has 1 aliphatic heterocycles. The lowest BCUT2D eigenvalue weighted by molar-refractivity contribution is 0.0692. The summed E-state index contributed by atoms with van der Waals surface area (Å²) < 4.78 is 5.47. The predicted molar refractivity (Wildman–Crippen MR) is 99.1 cm³/mol. The zero-order chi connectivity index (χ0) is 19.2. The fourth-order valence-corrected chi connectivity index (χ4v) is 2.88. The second kappa shape index (κ2) is 8.46. The first kappa shape index (κ1) is 18.6. The maximum absolute atomic E-state index is 12.3. The molecule has 0 aliphatic carbocycles. The van der Waals surface area contributed by atoms with Crippen LogP contribution in [0.3, 0.4) is 0 Å². The monoisotopic (exact) mass is 368 g/mol. The van der Waals surface area contributed by atoms with E-state index in [1.165, 1.54) is 12.1 Å². The predicted octanol–water partition coefficient (Wildman–Crippen LogP) is 2.55. The fraction of sp³-hybridized carbons (Fsp3) is 0.250. The zero-order valence-corrected chi connectivity index (χ0v) is 14.6. The van der Waals surface area contributed by atoms with Crippen molar-refractivity contribution >= 4 is 23.5 Å². The van der Waals surface area contributed by atoms with Crippen molar-refractivity contribution in [3.63, 3.8) is 0 Å². The Hall–Kier alpha value is -3.19. The first-order valence-electron chi connectivity index (χ1n) is 8.68. The number of benzene rings is 2. The van der Waals surface area contributed by atoms with Crippen LogP contribution in [0.5, 0.6) is 0 Å². The van der Waals surface area contributed by atoms with E-state index in [0.717, 1.165) is 19.4 Å². The second-order valence-corrected chi connectivity index (χ2v) is 6.23. The molecule has 0 saturated carbocycles. The van der Waals surface area contributed by atoms with Crippen molar-refractivity contribution < 1.29 is 24.2 Å². The Morgan fingerprint density at radius 1 is 1.00 bits per heavy atom. The van der Waals surface area contributed by atoms with E-state index in [0.29, 0.717) is 17.8 Å². The van der Waals surface area contributed by atoms with E-state index in [4.69, 9.17) is 4.74 Å². The third kappa shape index (κ3) is 4.71. The molecule has 2 aromatic carbocycles. The number of carboxylic acids is 1. The average Bonchev–Trinajstić information content (AvgIpc) is 3.20. The lowest BCUT2D eigenvalue weighted by Crippen LogP contribution is -2.31. The number of nitrogens with one attached hydrogen (secondary N) is 2. The molecule has 2 amide bonds. The summed E-state index contributed by atoms with van der Waals surface area (Å²) in [7, 11) is 0. The minimum absolute atomic E-state index is 0.0693. The van der Waals surface area contributed by atoms with E-state index in [1.54, 1.807) is 36.4 Å². The van der Waals surface area contributed by atoms with Crippen molar-refractivity contribution in [2.75, 3.05) is 18.5 Å². The van der Waals surface area contributed by atoms with Gasteiger partial charge in [0, 0.05) is 24.4 Å². The molecule has 140 valence electrons. The number of amides is 2. The molecule has 27 heavy (non-hydrogen) atoms. The molecule has 0 radical (unpaired) electrons. The second-order valence-electron chi connectivity index (χ2n) is 6.23. The summed E-state index contributed by atoms with van der Waals surface area (Å²) in [6.45, 7) is 1.21. The van der Waals surface area contributed by atoms with Gasteiger partial charge in [-0.2, -0.15) is 0 Å². The van der Waals surface area contributed by atoms with Crippen molar-refractivity contribution in [2.24, 2.45) is 0 Å². The van der Waals surface area contributed by atoms with Crippen molar-refractivity contribution in [3.8, 4) is 0 Å². The van der Waals surface area contributed by atoms with E-state index < -0.39 is 11.9 Å². The number of anilines is 1. The SMILES string of the molecule is O=C(NC[C@@H]1CCCO1)c1ccc(NC(=O)c2ccccc2C(=O)O)cc1. The van der Waals surface area contributed by atoms with Gasteiger partial charge in [-0.3, -0.25) is 9.59 Å². The van der Waals surface area contributed by atoms with E-state index >= 15 is 0 Å². The Kier molecular flexibility index (Phi) is 5.83. The van der Waals surface area contributed by atoms with E-state index in [1.807, 2.05) is 0 Å². The highest BCUT2D eigenvalue weighted by molar-refractivity contribution is 6.10. The molecule has 1 saturated heterocycles. The molecule has 0 aromatic heterocycles. The number of hydrogen-bond donors (Lipinski definition) is 3. The third-order valence-corrected chi connectivity index (χ3v) is 4.32. The fourth-order valence-electron chi connectivity index (χ4n) is 2.88. The van der Waals surface area contributed by atoms with E-state index in [-0.39, 0.29) is 23.1 Å². The molecule has 1 heterocycles. The normalized spacial score (nSPS) is 15.9. The zero-order valence-electron chi connectivity index (χ0n) is 14.6. The first-order valence-corrected chi connectivity index (χ1v) is 8.68. The Morgan fingerprint density at radius 2 is 1.70 bits per heavy atom. The van der Waals surface area contributed by atoms with E-state index in [2.05, 4.69) is 10.6 Å². The van der Waals surface area contributed by atoms with Gasteiger partial charge in [0.25, 0.3) is 11.8 Å². The molecular formula is C20H20N2O5. The van der Waals surface area contributed by atoms with Crippen LogP contribution in [0.25, 0.3) is 0 Å². The maximum atomic E-state index is 12.3. The van der Waals surface area contributed by atoms with Crippen molar-refractivity contribution in [3.05, 3.63) is 65.2 Å². The third-order valence-electron chi connectivity index (χ3n) is 4.32. The minimum Gasteiger partial charge on any atom is -0.478 e. The molecule has 0 unspecified atom stereocenters. The summed E-state index contributed by atoms with van der Waals surface area (Å²) in [5.74, 6) is -1.90. The number of carbonyl (C=O) groups excluding carboxylic acids is 2. The Balaban J connectivity index is 1.61. The van der Waals surface area contributed by atoms with Crippen molar-refractivity contribution in [1.29, 1.82) is 0 Å². The van der Waals surface area contributed by atoms with Crippen LogP contribution < -0.4 is 10.6 Å². The smallest absolute Gasteiger partial charge is 0.336 e. The number of rotatable bonds is 6. The van der Waals surface area contributed by atoms with Gasteiger partial charge in [-0.15, -0.1) is 0 Å². The van der Waals surface area contributed by atoms with Gasteiger partial charge in [0.05, 0.1) is 17.2 Å².